The van der Waals surface area contributed by atoms with Crippen LogP contribution in [0, 0.1) is 17.3 Å². The Labute approximate surface area is 111 Å². The second kappa shape index (κ2) is 5.60. The molecule has 18 heavy (non-hydrogen) atoms. The third-order valence-corrected chi connectivity index (χ3v) is 4.21. The second-order valence-corrected chi connectivity index (χ2v) is 6.75. The molecule has 0 aromatic heterocycles. The third kappa shape index (κ3) is 4.27. The Hall–Kier alpha value is -0.570. The van der Waals surface area contributed by atoms with Crippen molar-refractivity contribution >= 4 is 5.97 Å². The number of hydrogen-bond donors (Lipinski definition) is 1. The normalized spacial score (nSPS) is 25.9. The standard InChI is InChI=1S/C15H28O3/c1-6-18-13(16)9-7-8-11-12(15(11,4)5)10-14(2,3)17/h11-12,17H,6-10H2,1-5H3/t11-,12+/m1/s1. The van der Waals surface area contributed by atoms with Gasteiger partial charge in [-0.15, -0.1) is 0 Å². The molecule has 3 heteroatoms. The Kier molecular flexibility index (Phi) is 4.82. The highest BCUT2D eigenvalue weighted by molar-refractivity contribution is 5.69. The summed E-state index contributed by atoms with van der Waals surface area (Å²) in [5, 5.41) is 9.89. The van der Waals surface area contributed by atoms with Crippen molar-refractivity contribution < 1.29 is 14.6 Å². The fourth-order valence-corrected chi connectivity index (χ4v) is 3.07. The second-order valence-electron chi connectivity index (χ2n) is 6.75. The zero-order valence-electron chi connectivity index (χ0n) is 12.5. The van der Waals surface area contributed by atoms with Crippen molar-refractivity contribution in [2.24, 2.45) is 17.3 Å². The molecule has 0 heterocycles. The van der Waals surface area contributed by atoms with Crippen LogP contribution in [-0.2, 0) is 9.53 Å². The van der Waals surface area contributed by atoms with Gasteiger partial charge in [0.15, 0.2) is 0 Å². The first-order chi connectivity index (χ1) is 8.18. The number of esters is 1. The average Bonchev–Trinajstić information content (AvgIpc) is 2.67. The minimum atomic E-state index is -0.585. The Bertz CT molecular complexity index is 289. The molecule has 0 saturated heterocycles. The molecule has 0 radical (unpaired) electrons. The van der Waals surface area contributed by atoms with Crippen LogP contribution in [-0.4, -0.2) is 23.3 Å². The van der Waals surface area contributed by atoms with E-state index in [2.05, 4.69) is 13.8 Å². The van der Waals surface area contributed by atoms with E-state index in [0.29, 0.717) is 30.3 Å². The Morgan fingerprint density at radius 1 is 1.33 bits per heavy atom. The van der Waals surface area contributed by atoms with Crippen molar-refractivity contribution in [3.63, 3.8) is 0 Å². The smallest absolute Gasteiger partial charge is 0.305 e. The molecule has 0 bridgehead atoms. The molecule has 1 N–H and O–H groups in total. The molecule has 1 fully saturated rings. The van der Waals surface area contributed by atoms with Crippen LogP contribution in [0.15, 0.2) is 0 Å². The van der Waals surface area contributed by atoms with Crippen LogP contribution in [0.4, 0.5) is 0 Å². The number of ether oxygens (including phenoxy) is 1. The quantitative estimate of drug-likeness (QED) is 0.712. The van der Waals surface area contributed by atoms with Crippen molar-refractivity contribution in [2.45, 2.75) is 65.9 Å². The summed E-state index contributed by atoms with van der Waals surface area (Å²) in [6, 6.07) is 0. The lowest BCUT2D eigenvalue weighted by Crippen LogP contribution is -2.20. The van der Waals surface area contributed by atoms with Gasteiger partial charge in [0.25, 0.3) is 0 Å². The number of hydrogen-bond acceptors (Lipinski definition) is 3. The monoisotopic (exact) mass is 256 g/mol. The first-order valence-electron chi connectivity index (χ1n) is 7.06. The lowest BCUT2D eigenvalue weighted by molar-refractivity contribution is -0.143. The van der Waals surface area contributed by atoms with Gasteiger partial charge in [-0.2, -0.15) is 0 Å². The highest BCUT2D eigenvalue weighted by Crippen LogP contribution is 2.63. The SMILES string of the molecule is CCOC(=O)CCC[C@@H]1[C@H](CC(C)(C)O)C1(C)C. The van der Waals surface area contributed by atoms with Crippen molar-refractivity contribution in [3.8, 4) is 0 Å². The summed E-state index contributed by atoms with van der Waals surface area (Å²) < 4.78 is 4.92. The van der Waals surface area contributed by atoms with E-state index < -0.39 is 5.60 Å². The predicted octanol–water partition coefficient (Wildman–Crippen LogP) is 3.15. The van der Waals surface area contributed by atoms with E-state index in [4.69, 9.17) is 4.74 Å². The molecule has 0 amide bonds. The molecule has 0 unspecified atom stereocenters. The summed E-state index contributed by atoms with van der Waals surface area (Å²) in [7, 11) is 0. The maximum absolute atomic E-state index is 11.3. The Balaban J connectivity index is 2.29. The van der Waals surface area contributed by atoms with Gasteiger partial charge in [0.05, 0.1) is 12.2 Å². The predicted molar refractivity (Wildman–Crippen MR) is 72.2 cm³/mol. The first-order valence-corrected chi connectivity index (χ1v) is 7.06. The zero-order valence-corrected chi connectivity index (χ0v) is 12.5. The molecule has 106 valence electrons. The van der Waals surface area contributed by atoms with Gasteiger partial charge in [0.2, 0.25) is 0 Å². The van der Waals surface area contributed by atoms with Crippen LogP contribution in [0.3, 0.4) is 0 Å². The maximum Gasteiger partial charge on any atom is 0.305 e. The van der Waals surface area contributed by atoms with E-state index >= 15 is 0 Å². The van der Waals surface area contributed by atoms with Gasteiger partial charge in [0, 0.05) is 6.42 Å². The van der Waals surface area contributed by atoms with E-state index in [1.165, 1.54) is 0 Å². The van der Waals surface area contributed by atoms with E-state index in [1.54, 1.807) is 0 Å². The van der Waals surface area contributed by atoms with Gasteiger partial charge in [-0.1, -0.05) is 13.8 Å². The molecule has 1 rings (SSSR count). The fourth-order valence-electron chi connectivity index (χ4n) is 3.07. The summed E-state index contributed by atoms with van der Waals surface area (Å²) >= 11 is 0. The number of aliphatic hydroxyl groups is 1. The maximum atomic E-state index is 11.3. The highest BCUT2D eigenvalue weighted by atomic mass is 16.5. The van der Waals surface area contributed by atoms with Gasteiger partial charge in [-0.3, -0.25) is 4.79 Å². The summed E-state index contributed by atoms with van der Waals surface area (Å²) in [4.78, 5) is 11.3. The lowest BCUT2D eigenvalue weighted by Gasteiger charge is -2.17. The zero-order chi connectivity index (χ0) is 14.0. The average molecular weight is 256 g/mol. The van der Waals surface area contributed by atoms with Gasteiger partial charge < -0.3 is 9.84 Å². The van der Waals surface area contributed by atoms with E-state index in [-0.39, 0.29) is 5.97 Å². The molecular weight excluding hydrogens is 228 g/mol. The molecule has 0 aliphatic heterocycles. The molecule has 0 aromatic carbocycles. The third-order valence-electron chi connectivity index (χ3n) is 4.21. The topological polar surface area (TPSA) is 46.5 Å². The summed E-state index contributed by atoms with van der Waals surface area (Å²) in [5.74, 6) is 1.13. The van der Waals surface area contributed by atoms with Crippen LogP contribution < -0.4 is 0 Å². The van der Waals surface area contributed by atoms with Crippen molar-refractivity contribution in [1.29, 1.82) is 0 Å². The molecule has 1 saturated carbocycles. The van der Waals surface area contributed by atoms with Crippen molar-refractivity contribution in [1.82, 2.24) is 0 Å². The number of rotatable bonds is 7. The van der Waals surface area contributed by atoms with E-state index in [1.807, 2.05) is 20.8 Å². The first kappa shape index (κ1) is 15.5. The fraction of sp³-hybridized carbons (Fsp3) is 0.933. The Morgan fingerprint density at radius 2 is 1.94 bits per heavy atom. The highest BCUT2D eigenvalue weighted by Gasteiger charge is 2.57. The van der Waals surface area contributed by atoms with E-state index in [9.17, 15) is 9.90 Å². The molecule has 1 aliphatic rings. The van der Waals surface area contributed by atoms with Crippen molar-refractivity contribution in [2.75, 3.05) is 6.61 Å². The largest absolute Gasteiger partial charge is 0.466 e. The molecule has 0 aromatic rings. The molecule has 0 spiro atoms. The molecule has 1 aliphatic carbocycles. The molecular formula is C15H28O3. The van der Waals surface area contributed by atoms with Gasteiger partial charge in [-0.05, 0) is 57.3 Å². The minimum Gasteiger partial charge on any atom is -0.466 e. The van der Waals surface area contributed by atoms with Gasteiger partial charge >= 0.3 is 5.97 Å². The summed E-state index contributed by atoms with van der Waals surface area (Å²) in [6.45, 7) is 10.6. The summed E-state index contributed by atoms with van der Waals surface area (Å²) in [6.07, 6.45) is 3.33. The van der Waals surface area contributed by atoms with Crippen LogP contribution in [0.5, 0.6) is 0 Å². The molecule has 3 nitrogen and oxygen atoms in total. The van der Waals surface area contributed by atoms with Crippen LogP contribution in [0.25, 0.3) is 0 Å². The minimum absolute atomic E-state index is 0.0880. The van der Waals surface area contributed by atoms with Gasteiger partial charge in [-0.25, -0.2) is 0 Å². The number of carbonyl (C=O) groups is 1. The van der Waals surface area contributed by atoms with Crippen molar-refractivity contribution in [3.05, 3.63) is 0 Å². The van der Waals surface area contributed by atoms with Crippen LogP contribution in [0.2, 0.25) is 0 Å². The Morgan fingerprint density at radius 3 is 2.44 bits per heavy atom. The number of carbonyl (C=O) groups excluding carboxylic acids is 1. The van der Waals surface area contributed by atoms with E-state index in [0.717, 1.165) is 19.3 Å². The molecule has 2 atom stereocenters. The lowest BCUT2D eigenvalue weighted by atomic mass is 9.97. The summed E-state index contributed by atoms with van der Waals surface area (Å²) in [5.41, 5.74) is -0.271. The van der Waals surface area contributed by atoms with Crippen LogP contribution in [0.1, 0.15) is 60.3 Å². The van der Waals surface area contributed by atoms with Crippen LogP contribution >= 0.6 is 0 Å². The van der Waals surface area contributed by atoms with Gasteiger partial charge in [0.1, 0.15) is 0 Å².